The number of rotatable bonds is 3. The topological polar surface area (TPSA) is 26.0 Å². The van der Waals surface area contributed by atoms with E-state index in [0.717, 1.165) is 16.3 Å². The van der Waals surface area contributed by atoms with Crippen LogP contribution in [0.1, 0.15) is 36.8 Å². The smallest absolute Gasteiger partial charge is 0.0960 e. The number of aryl methyl sites for hydroxylation is 1. The molecule has 1 rings (SSSR count). The molecule has 0 fully saturated rings. The summed E-state index contributed by atoms with van der Waals surface area (Å²) in [6.45, 7) is 6.35. The van der Waals surface area contributed by atoms with E-state index < -0.39 is 0 Å². The molecule has 0 aliphatic rings. The zero-order valence-corrected chi connectivity index (χ0v) is 9.88. The summed E-state index contributed by atoms with van der Waals surface area (Å²) in [6, 6.07) is 2.24. The van der Waals surface area contributed by atoms with Crippen LogP contribution in [0.3, 0.4) is 0 Å². The van der Waals surface area contributed by atoms with Gasteiger partial charge in [-0.2, -0.15) is 0 Å². The summed E-state index contributed by atoms with van der Waals surface area (Å²) in [7, 11) is 0. The molecule has 3 heteroatoms. The zero-order chi connectivity index (χ0) is 10.0. The molecule has 0 bridgehead atoms. The van der Waals surface area contributed by atoms with Gasteiger partial charge in [-0.3, -0.25) is 0 Å². The lowest BCUT2D eigenvalue weighted by Gasteiger charge is -2.16. The maximum atomic E-state index is 6.08. The molecule has 74 valence electrons. The Hall–Kier alpha value is -0.0500. The van der Waals surface area contributed by atoms with E-state index in [4.69, 9.17) is 17.3 Å². The van der Waals surface area contributed by atoms with Gasteiger partial charge in [-0.25, -0.2) is 0 Å². The van der Waals surface area contributed by atoms with E-state index in [1.807, 2.05) is 6.92 Å². The number of hydrogen-bond donors (Lipinski definition) is 1. The van der Waals surface area contributed by atoms with Gasteiger partial charge in [-0.15, -0.1) is 11.3 Å². The van der Waals surface area contributed by atoms with Gasteiger partial charge in [-0.05, 0) is 24.5 Å². The average Bonchev–Trinajstić information content (AvgIpc) is 2.44. The Morgan fingerprint density at radius 2 is 2.23 bits per heavy atom. The third kappa shape index (κ3) is 2.46. The minimum Gasteiger partial charge on any atom is -0.323 e. The molecule has 2 atom stereocenters. The van der Waals surface area contributed by atoms with Crippen LogP contribution in [0.4, 0.5) is 0 Å². The molecule has 1 nitrogen and oxygen atoms in total. The van der Waals surface area contributed by atoms with Crippen LogP contribution in [0.15, 0.2) is 6.07 Å². The molecule has 13 heavy (non-hydrogen) atoms. The van der Waals surface area contributed by atoms with Crippen LogP contribution in [0.25, 0.3) is 0 Å². The molecule has 0 saturated heterocycles. The minimum atomic E-state index is 0.140. The lowest BCUT2D eigenvalue weighted by Crippen LogP contribution is -2.17. The number of hydrogen-bond acceptors (Lipinski definition) is 2. The van der Waals surface area contributed by atoms with E-state index >= 15 is 0 Å². The maximum Gasteiger partial charge on any atom is 0.0960 e. The predicted octanol–water partition coefficient (Wildman–Crippen LogP) is 3.76. The molecule has 1 heterocycles. The first kappa shape index (κ1) is 11.0. The van der Waals surface area contributed by atoms with E-state index in [2.05, 4.69) is 19.9 Å². The van der Waals surface area contributed by atoms with Crippen LogP contribution in [0, 0.1) is 12.8 Å². The van der Waals surface area contributed by atoms with Gasteiger partial charge >= 0.3 is 0 Å². The average molecular weight is 218 g/mol. The third-order valence-electron chi connectivity index (χ3n) is 2.46. The highest BCUT2D eigenvalue weighted by molar-refractivity contribution is 7.16. The molecule has 0 aliphatic heterocycles. The van der Waals surface area contributed by atoms with Crippen LogP contribution in [-0.2, 0) is 0 Å². The zero-order valence-electron chi connectivity index (χ0n) is 8.30. The number of thiophene rings is 1. The van der Waals surface area contributed by atoms with Crippen molar-refractivity contribution in [3.63, 3.8) is 0 Å². The van der Waals surface area contributed by atoms with Crippen molar-refractivity contribution in [2.24, 2.45) is 11.7 Å². The van der Waals surface area contributed by atoms with Crippen LogP contribution in [0.2, 0.25) is 4.34 Å². The predicted molar refractivity (Wildman–Crippen MR) is 60.4 cm³/mol. The first-order valence-corrected chi connectivity index (χ1v) is 5.77. The van der Waals surface area contributed by atoms with Gasteiger partial charge in [0.25, 0.3) is 0 Å². The second-order valence-electron chi connectivity index (χ2n) is 3.52. The summed E-state index contributed by atoms with van der Waals surface area (Å²) in [5.74, 6) is 0.522. The van der Waals surface area contributed by atoms with Gasteiger partial charge in [0.05, 0.1) is 4.34 Å². The van der Waals surface area contributed by atoms with Crippen molar-refractivity contribution in [3.05, 3.63) is 20.8 Å². The molecule has 0 radical (unpaired) electrons. The van der Waals surface area contributed by atoms with Crippen molar-refractivity contribution in [2.45, 2.75) is 33.2 Å². The standard InChI is InChI=1S/C10H16ClNS/c1-4-6(2)9(12)8-5-7(3)10(11)13-8/h5-6,9H,4,12H2,1-3H3. The second-order valence-corrected chi connectivity index (χ2v) is 5.20. The van der Waals surface area contributed by atoms with E-state index in [9.17, 15) is 0 Å². The molecule has 0 aliphatic carbocycles. The van der Waals surface area contributed by atoms with Crippen molar-refractivity contribution in [1.82, 2.24) is 0 Å². The molecule has 1 aromatic rings. The fourth-order valence-electron chi connectivity index (χ4n) is 1.18. The van der Waals surface area contributed by atoms with Gasteiger partial charge in [0.15, 0.2) is 0 Å². The van der Waals surface area contributed by atoms with E-state index in [1.165, 1.54) is 4.88 Å². The summed E-state index contributed by atoms with van der Waals surface area (Å²) >= 11 is 7.59. The Balaban J connectivity index is 2.82. The number of nitrogens with two attached hydrogens (primary N) is 1. The Kier molecular flexibility index (Phi) is 3.77. The quantitative estimate of drug-likeness (QED) is 0.820. The largest absolute Gasteiger partial charge is 0.323 e. The lowest BCUT2D eigenvalue weighted by atomic mass is 9.99. The molecule has 1 aromatic heterocycles. The highest BCUT2D eigenvalue weighted by Crippen LogP contribution is 2.33. The van der Waals surface area contributed by atoms with E-state index in [0.29, 0.717) is 5.92 Å². The fourth-order valence-corrected chi connectivity index (χ4v) is 2.53. The van der Waals surface area contributed by atoms with Crippen LogP contribution in [0.5, 0.6) is 0 Å². The van der Waals surface area contributed by atoms with Crippen LogP contribution in [-0.4, -0.2) is 0 Å². The van der Waals surface area contributed by atoms with Gasteiger partial charge in [0.1, 0.15) is 0 Å². The monoisotopic (exact) mass is 217 g/mol. The van der Waals surface area contributed by atoms with Gasteiger partial charge in [-0.1, -0.05) is 31.9 Å². The van der Waals surface area contributed by atoms with E-state index in [1.54, 1.807) is 11.3 Å². The van der Waals surface area contributed by atoms with Crippen molar-refractivity contribution in [3.8, 4) is 0 Å². The summed E-state index contributed by atoms with van der Waals surface area (Å²) in [5.41, 5.74) is 7.22. The van der Waals surface area contributed by atoms with Crippen molar-refractivity contribution in [1.29, 1.82) is 0 Å². The summed E-state index contributed by atoms with van der Waals surface area (Å²) < 4.78 is 0.869. The van der Waals surface area contributed by atoms with Gasteiger partial charge < -0.3 is 5.73 Å². The van der Waals surface area contributed by atoms with Gasteiger partial charge in [0, 0.05) is 10.9 Å². The highest BCUT2D eigenvalue weighted by atomic mass is 35.5. The summed E-state index contributed by atoms with van der Waals surface area (Å²) in [4.78, 5) is 1.21. The Labute approximate surface area is 88.9 Å². The Morgan fingerprint density at radius 3 is 2.62 bits per heavy atom. The maximum absolute atomic E-state index is 6.08. The Bertz CT molecular complexity index is 263. The molecule has 0 saturated carbocycles. The first-order valence-electron chi connectivity index (χ1n) is 4.57. The normalized spacial score (nSPS) is 15.8. The lowest BCUT2D eigenvalue weighted by molar-refractivity contribution is 0.462. The molecular weight excluding hydrogens is 202 g/mol. The second kappa shape index (κ2) is 4.45. The number of halogens is 1. The first-order chi connectivity index (χ1) is 6.06. The SMILES string of the molecule is CCC(C)C(N)c1cc(C)c(Cl)s1. The highest BCUT2D eigenvalue weighted by Gasteiger charge is 2.16. The van der Waals surface area contributed by atoms with Crippen molar-refractivity contribution in [2.75, 3.05) is 0 Å². The molecule has 2 N–H and O–H groups in total. The van der Waals surface area contributed by atoms with Crippen molar-refractivity contribution >= 4 is 22.9 Å². The molecule has 0 aromatic carbocycles. The van der Waals surface area contributed by atoms with Crippen molar-refractivity contribution < 1.29 is 0 Å². The summed E-state index contributed by atoms with van der Waals surface area (Å²) in [5, 5.41) is 0. The van der Waals surface area contributed by atoms with Crippen LogP contribution >= 0.6 is 22.9 Å². The van der Waals surface area contributed by atoms with Crippen LogP contribution < -0.4 is 5.73 Å². The molecule has 0 amide bonds. The fraction of sp³-hybridized carbons (Fsp3) is 0.600. The van der Waals surface area contributed by atoms with Gasteiger partial charge in [0.2, 0.25) is 0 Å². The third-order valence-corrected chi connectivity index (χ3v) is 4.12. The Morgan fingerprint density at radius 1 is 1.62 bits per heavy atom. The molecular formula is C10H16ClNS. The molecule has 0 spiro atoms. The van der Waals surface area contributed by atoms with E-state index in [-0.39, 0.29) is 6.04 Å². The minimum absolute atomic E-state index is 0.140. The molecule has 2 unspecified atom stereocenters. The summed E-state index contributed by atoms with van der Waals surface area (Å²) in [6.07, 6.45) is 1.11.